The highest BCUT2D eigenvalue weighted by molar-refractivity contribution is 5.97. The van der Waals surface area contributed by atoms with Crippen LogP contribution in [0.4, 0.5) is 0 Å². The van der Waals surface area contributed by atoms with E-state index >= 15 is 0 Å². The molecule has 0 unspecified atom stereocenters. The molecule has 0 aliphatic carbocycles. The number of hydrogen-bond donors (Lipinski definition) is 5. The molecule has 0 aliphatic rings. The van der Waals surface area contributed by atoms with Gasteiger partial charge in [-0.2, -0.15) is 0 Å². The molecule has 7 nitrogen and oxygen atoms in total. The van der Waals surface area contributed by atoms with E-state index in [1.807, 2.05) is 24.3 Å². The first-order chi connectivity index (χ1) is 14.9. The molecule has 0 saturated heterocycles. The third-order valence-electron chi connectivity index (χ3n) is 4.32. The molecule has 7 heteroatoms. The van der Waals surface area contributed by atoms with Crippen LogP contribution in [0.1, 0.15) is 40.9 Å². The predicted molar refractivity (Wildman–Crippen MR) is 117 cm³/mol. The lowest BCUT2D eigenvalue weighted by molar-refractivity contribution is -0.133. The summed E-state index contributed by atoms with van der Waals surface area (Å²) < 4.78 is 0. The first-order valence-electron chi connectivity index (χ1n) is 9.79. The van der Waals surface area contributed by atoms with Gasteiger partial charge in [0.15, 0.2) is 0 Å². The van der Waals surface area contributed by atoms with Gasteiger partial charge in [0.1, 0.15) is 6.04 Å². The SMILES string of the molecule is CCNCc1ccc(C#CC#Cc2ccc(C(=O)N[C@H](C(=O)NO)[C@@H](C)O)cc2)cc1. The number of aliphatic hydroxyl groups is 1. The minimum absolute atomic E-state index is 0.283. The Bertz CT molecular complexity index is 1010. The van der Waals surface area contributed by atoms with Crippen molar-refractivity contribution in [2.45, 2.75) is 32.5 Å². The Morgan fingerprint density at radius 1 is 0.968 bits per heavy atom. The number of carbonyl (C=O) groups excluding carboxylic acids is 2. The number of hydroxylamine groups is 1. The Labute approximate surface area is 181 Å². The lowest BCUT2D eigenvalue weighted by Crippen LogP contribution is -2.51. The molecule has 0 fully saturated rings. The summed E-state index contributed by atoms with van der Waals surface area (Å²) in [4.78, 5) is 23.8. The Kier molecular flexibility index (Phi) is 9.28. The second-order valence-electron chi connectivity index (χ2n) is 6.72. The highest BCUT2D eigenvalue weighted by Gasteiger charge is 2.25. The molecule has 0 radical (unpaired) electrons. The smallest absolute Gasteiger partial charge is 0.268 e. The Morgan fingerprint density at radius 3 is 2.00 bits per heavy atom. The van der Waals surface area contributed by atoms with Crippen LogP contribution < -0.4 is 16.1 Å². The van der Waals surface area contributed by atoms with Gasteiger partial charge in [0.25, 0.3) is 11.8 Å². The molecule has 2 amide bonds. The van der Waals surface area contributed by atoms with Gasteiger partial charge in [-0.1, -0.05) is 30.9 Å². The van der Waals surface area contributed by atoms with Gasteiger partial charge in [0.05, 0.1) is 6.10 Å². The minimum atomic E-state index is -1.27. The zero-order chi connectivity index (χ0) is 22.6. The van der Waals surface area contributed by atoms with E-state index in [0.717, 1.165) is 18.7 Å². The molecule has 160 valence electrons. The Balaban J connectivity index is 1.98. The van der Waals surface area contributed by atoms with Gasteiger partial charge in [-0.05, 0) is 67.3 Å². The number of amides is 2. The molecule has 2 aromatic carbocycles. The molecule has 0 bridgehead atoms. The molecule has 0 aromatic heterocycles. The van der Waals surface area contributed by atoms with E-state index in [-0.39, 0.29) is 5.56 Å². The quantitative estimate of drug-likeness (QED) is 0.263. The van der Waals surface area contributed by atoms with Crippen LogP contribution in [-0.2, 0) is 11.3 Å². The van der Waals surface area contributed by atoms with Crippen LogP contribution in [0.2, 0.25) is 0 Å². The van der Waals surface area contributed by atoms with Gasteiger partial charge >= 0.3 is 0 Å². The fourth-order valence-electron chi connectivity index (χ4n) is 2.59. The van der Waals surface area contributed by atoms with Crippen LogP contribution in [0.5, 0.6) is 0 Å². The van der Waals surface area contributed by atoms with E-state index in [2.05, 4.69) is 41.2 Å². The number of hydrogen-bond acceptors (Lipinski definition) is 5. The fourth-order valence-corrected chi connectivity index (χ4v) is 2.59. The van der Waals surface area contributed by atoms with E-state index in [0.29, 0.717) is 5.56 Å². The van der Waals surface area contributed by atoms with Crippen molar-refractivity contribution in [3.63, 3.8) is 0 Å². The molecule has 2 atom stereocenters. The summed E-state index contributed by atoms with van der Waals surface area (Å²) in [5.41, 5.74) is 4.44. The molecule has 0 heterocycles. The van der Waals surface area contributed by atoms with E-state index in [9.17, 15) is 14.7 Å². The fraction of sp³-hybridized carbons (Fsp3) is 0.250. The van der Waals surface area contributed by atoms with Crippen molar-refractivity contribution >= 4 is 11.8 Å². The average Bonchev–Trinajstić information content (AvgIpc) is 2.79. The third-order valence-corrected chi connectivity index (χ3v) is 4.32. The molecular formula is C24H25N3O4. The zero-order valence-corrected chi connectivity index (χ0v) is 17.4. The number of nitrogens with one attached hydrogen (secondary N) is 3. The van der Waals surface area contributed by atoms with E-state index in [4.69, 9.17) is 5.21 Å². The van der Waals surface area contributed by atoms with Crippen molar-refractivity contribution in [1.82, 2.24) is 16.1 Å². The average molecular weight is 419 g/mol. The molecule has 0 spiro atoms. The molecule has 0 aliphatic heterocycles. The third kappa shape index (κ3) is 7.61. The van der Waals surface area contributed by atoms with Crippen molar-refractivity contribution in [3.05, 3.63) is 70.8 Å². The number of aliphatic hydroxyl groups excluding tert-OH is 1. The highest BCUT2D eigenvalue weighted by Crippen LogP contribution is 2.05. The van der Waals surface area contributed by atoms with E-state index < -0.39 is 24.0 Å². The Morgan fingerprint density at radius 2 is 1.52 bits per heavy atom. The van der Waals surface area contributed by atoms with Crippen LogP contribution in [0.15, 0.2) is 48.5 Å². The van der Waals surface area contributed by atoms with Crippen molar-refractivity contribution in [2.24, 2.45) is 0 Å². The van der Waals surface area contributed by atoms with Gasteiger partial charge in [-0.15, -0.1) is 0 Å². The summed E-state index contributed by atoms with van der Waals surface area (Å²) >= 11 is 0. The zero-order valence-electron chi connectivity index (χ0n) is 17.4. The van der Waals surface area contributed by atoms with Crippen LogP contribution in [-0.4, -0.2) is 40.8 Å². The molecule has 5 N–H and O–H groups in total. The normalized spacial score (nSPS) is 11.7. The van der Waals surface area contributed by atoms with Gasteiger partial charge in [-0.3, -0.25) is 14.8 Å². The van der Waals surface area contributed by atoms with Crippen molar-refractivity contribution in [3.8, 4) is 23.7 Å². The van der Waals surface area contributed by atoms with E-state index in [1.165, 1.54) is 18.0 Å². The molecule has 31 heavy (non-hydrogen) atoms. The maximum absolute atomic E-state index is 12.2. The van der Waals surface area contributed by atoms with Crippen molar-refractivity contribution in [2.75, 3.05) is 6.54 Å². The second kappa shape index (κ2) is 12.2. The van der Waals surface area contributed by atoms with Gasteiger partial charge in [-0.25, -0.2) is 5.48 Å². The van der Waals surface area contributed by atoms with Crippen LogP contribution >= 0.6 is 0 Å². The first kappa shape index (κ1) is 23.7. The second-order valence-corrected chi connectivity index (χ2v) is 6.72. The summed E-state index contributed by atoms with van der Waals surface area (Å²) in [6, 6.07) is 13.1. The summed E-state index contributed by atoms with van der Waals surface area (Å²) in [6.45, 7) is 5.14. The van der Waals surface area contributed by atoms with E-state index in [1.54, 1.807) is 24.3 Å². The number of benzene rings is 2. The Hall–Kier alpha value is -3.62. The molecular weight excluding hydrogens is 394 g/mol. The van der Waals surface area contributed by atoms with Gasteiger partial charge < -0.3 is 15.7 Å². The monoisotopic (exact) mass is 419 g/mol. The number of rotatable bonds is 7. The maximum Gasteiger partial charge on any atom is 0.268 e. The van der Waals surface area contributed by atoms with Crippen LogP contribution in [0, 0.1) is 23.7 Å². The summed E-state index contributed by atoms with van der Waals surface area (Å²) in [5.74, 6) is 10.0. The summed E-state index contributed by atoms with van der Waals surface area (Å²) in [6.07, 6.45) is -1.18. The summed E-state index contributed by atoms with van der Waals surface area (Å²) in [5, 5.41) is 23.9. The topological polar surface area (TPSA) is 111 Å². The van der Waals surface area contributed by atoms with Crippen molar-refractivity contribution in [1.29, 1.82) is 0 Å². The number of carbonyl (C=O) groups is 2. The predicted octanol–water partition coefficient (Wildman–Crippen LogP) is 1.18. The largest absolute Gasteiger partial charge is 0.391 e. The molecule has 2 aromatic rings. The molecule has 2 rings (SSSR count). The lowest BCUT2D eigenvalue weighted by Gasteiger charge is -2.19. The lowest BCUT2D eigenvalue weighted by atomic mass is 10.1. The molecule has 0 saturated carbocycles. The minimum Gasteiger partial charge on any atom is -0.391 e. The van der Waals surface area contributed by atoms with Crippen LogP contribution in [0.3, 0.4) is 0 Å². The van der Waals surface area contributed by atoms with Gasteiger partial charge in [0.2, 0.25) is 0 Å². The van der Waals surface area contributed by atoms with Crippen molar-refractivity contribution < 1.29 is 19.9 Å². The maximum atomic E-state index is 12.2. The summed E-state index contributed by atoms with van der Waals surface area (Å²) in [7, 11) is 0. The highest BCUT2D eigenvalue weighted by atomic mass is 16.5. The van der Waals surface area contributed by atoms with Gasteiger partial charge in [0, 0.05) is 23.2 Å². The standard InChI is InChI=1S/C24H25N3O4/c1-3-25-16-20-10-8-18(9-11-20)6-4-5-7-19-12-14-21(15-13-19)23(29)26-22(17(2)28)24(30)27-31/h8-15,17,22,25,28,31H,3,16H2,1-2H3,(H,26,29)(H,27,30)/t17-,22+/m1/s1. The van der Waals surface area contributed by atoms with Crippen LogP contribution in [0.25, 0.3) is 0 Å². The first-order valence-corrected chi connectivity index (χ1v) is 9.79.